The van der Waals surface area contributed by atoms with E-state index in [-0.39, 0.29) is 4.90 Å². The molecule has 0 bridgehead atoms. The number of anilines is 1. The molecule has 1 nitrogen and oxygen atoms in total. The molecule has 20 heavy (non-hydrogen) atoms. The summed E-state index contributed by atoms with van der Waals surface area (Å²) < 4.78 is 38.9. The maximum atomic E-state index is 13.0. The van der Waals surface area contributed by atoms with Gasteiger partial charge in [-0.2, -0.15) is 13.2 Å². The normalized spacial score (nSPS) is 11.7. The summed E-state index contributed by atoms with van der Waals surface area (Å²) in [7, 11) is 0. The number of nitrogens with two attached hydrogens (primary N) is 1. The van der Waals surface area contributed by atoms with Gasteiger partial charge in [-0.25, -0.2) is 0 Å². The van der Waals surface area contributed by atoms with Crippen LogP contribution in [0.2, 0.25) is 0 Å². The van der Waals surface area contributed by atoms with Crippen molar-refractivity contribution in [3.8, 4) is 0 Å². The molecular weight excluding hydrogens is 283 g/mol. The van der Waals surface area contributed by atoms with Crippen LogP contribution >= 0.6 is 11.8 Å². The fourth-order valence-corrected chi connectivity index (χ4v) is 3.14. The van der Waals surface area contributed by atoms with Crippen molar-refractivity contribution in [3.05, 3.63) is 53.1 Å². The van der Waals surface area contributed by atoms with Crippen LogP contribution in [0.15, 0.2) is 46.2 Å². The van der Waals surface area contributed by atoms with Gasteiger partial charge < -0.3 is 5.73 Å². The third-order valence-corrected chi connectivity index (χ3v) is 4.31. The van der Waals surface area contributed by atoms with E-state index in [1.807, 2.05) is 13.8 Å². The molecule has 0 saturated heterocycles. The fourth-order valence-electron chi connectivity index (χ4n) is 2.04. The molecule has 0 unspecified atom stereocenters. The van der Waals surface area contributed by atoms with Crippen LogP contribution in [-0.4, -0.2) is 0 Å². The highest BCUT2D eigenvalue weighted by molar-refractivity contribution is 7.99. The van der Waals surface area contributed by atoms with E-state index in [0.29, 0.717) is 5.69 Å². The number of alkyl halides is 3. The summed E-state index contributed by atoms with van der Waals surface area (Å²) in [5, 5.41) is 0. The largest absolute Gasteiger partial charge is 0.417 e. The van der Waals surface area contributed by atoms with E-state index in [9.17, 15) is 13.2 Å². The van der Waals surface area contributed by atoms with Crippen molar-refractivity contribution in [3.63, 3.8) is 0 Å². The number of aryl methyl sites for hydroxylation is 2. The van der Waals surface area contributed by atoms with Gasteiger partial charge in [0.25, 0.3) is 0 Å². The number of hydrogen-bond donors (Lipinski definition) is 1. The number of rotatable bonds is 2. The molecule has 0 aromatic heterocycles. The van der Waals surface area contributed by atoms with Crippen molar-refractivity contribution < 1.29 is 13.2 Å². The second-order valence-corrected chi connectivity index (χ2v) is 5.63. The van der Waals surface area contributed by atoms with E-state index in [1.165, 1.54) is 12.1 Å². The molecular formula is C15H14F3NS. The summed E-state index contributed by atoms with van der Waals surface area (Å²) >= 11 is 1.13. The average Bonchev–Trinajstić information content (AvgIpc) is 2.33. The minimum Gasteiger partial charge on any atom is -0.399 e. The van der Waals surface area contributed by atoms with E-state index < -0.39 is 11.7 Å². The number of halogens is 3. The summed E-state index contributed by atoms with van der Waals surface area (Å²) in [5.41, 5.74) is 7.50. The number of nitrogen functional groups attached to an aromatic ring is 1. The van der Waals surface area contributed by atoms with Gasteiger partial charge in [-0.15, -0.1) is 0 Å². The van der Waals surface area contributed by atoms with Crippen LogP contribution in [0.5, 0.6) is 0 Å². The summed E-state index contributed by atoms with van der Waals surface area (Å²) in [5.74, 6) is 0. The molecule has 2 N–H and O–H groups in total. The van der Waals surface area contributed by atoms with Crippen LogP contribution in [0.1, 0.15) is 16.7 Å². The van der Waals surface area contributed by atoms with Gasteiger partial charge in [0.05, 0.1) is 5.56 Å². The lowest BCUT2D eigenvalue weighted by Crippen LogP contribution is -2.06. The van der Waals surface area contributed by atoms with Gasteiger partial charge in [-0.3, -0.25) is 0 Å². The standard InChI is InChI=1S/C15H14F3NS/c1-9-7-11(19)8-10(2)14(9)20-13-6-4-3-5-12(13)15(16,17)18/h3-8H,19H2,1-2H3. The first-order valence-corrected chi connectivity index (χ1v) is 6.81. The first kappa shape index (κ1) is 14.8. The van der Waals surface area contributed by atoms with Gasteiger partial charge in [-0.1, -0.05) is 23.9 Å². The second kappa shape index (κ2) is 5.40. The Balaban J connectivity index is 2.46. The fraction of sp³-hybridized carbons (Fsp3) is 0.200. The molecule has 0 aliphatic heterocycles. The van der Waals surface area contributed by atoms with Gasteiger partial charge >= 0.3 is 6.18 Å². The topological polar surface area (TPSA) is 26.0 Å². The zero-order chi connectivity index (χ0) is 14.9. The number of hydrogen-bond acceptors (Lipinski definition) is 2. The van der Waals surface area contributed by atoms with Gasteiger partial charge in [0.15, 0.2) is 0 Å². The van der Waals surface area contributed by atoms with Crippen LogP contribution in [0.3, 0.4) is 0 Å². The molecule has 2 aromatic carbocycles. The summed E-state index contributed by atoms with van der Waals surface area (Å²) in [6.07, 6.45) is -4.35. The van der Waals surface area contributed by atoms with Crippen molar-refractivity contribution in [2.75, 3.05) is 5.73 Å². The molecule has 0 amide bonds. The molecule has 0 fully saturated rings. The lowest BCUT2D eigenvalue weighted by atomic mass is 10.1. The lowest BCUT2D eigenvalue weighted by molar-refractivity contribution is -0.139. The van der Waals surface area contributed by atoms with Crippen molar-refractivity contribution in [1.82, 2.24) is 0 Å². The van der Waals surface area contributed by atoms with E-state index in [1.54, 1.807) is 18.2 Å². The maximum Gasteiger partial charge on any atom is 0.417 e. The molecule has 2 rings (SSSR count). The quantitative estimate of drug-likeness (QED) is 0.784. The lowest BCUT2D eigenvalue weighted by Gasteiger charge is -2.15. The minimum absolute atomic E-state index is 0.205. The molecule has 0 radical (unpaired) electrons. The Labute approximate surface area is 120 Å². The molecule has 106 valence electrons. The molecule has 0 atom stereocenters. The highest BCUT2D eigenvalue weighted by Gasteiger charge is 2.33. The summed E-state index contributed by atoms with van der Waals surface area (Å²) in [6.45, 7) is 3.70. The highest BCUT2D eigenvalue weighted by Crippen LogP contribution is 2.41. The first-order chi connectivity index (χ1) is 9.29. The molecule has 2 aromatic rings. The van der Waals surface area contributed by atoms with Crippen LogP contribution in [-0.2, 0) is 6.18 Å². The van der Waals surface area contributed by atoms with Gasteiger partial charge in [0, 0.05) is 15.5 Å². The Morgan fingerprint density at radius 2 is 1.55 bits per heavy atom. The van der Waals surface area contributed by atoms with Gasteiger partial charge in [0.1, 0.15) is 0 Å². The third kappa shape index (κ3) is 3.10. The van der Waals surface area contributed by atoms with Crippen LogP contribution in [0.25, 0.3) is 0 Å². The summed E-state index contributed by atoms with van der Waals surface area (Å²) in [6, 6.07) is 9.14. The first-order valence-electron chi connectivity index (χ1n) is 6.00. The van der Waals surface area contributed by atoms with E-state index in [4.69, 9.17) is 5.73 Å². The molecule has 0 saturated carbocycles. The van der Waals surface area contributed by atoms with Crippen molar-refractivity contribution in [1.29, 1.82) is 0 Å². The zero-order valence-corrected chi connectivity index (χ0v) is 11.9. The molecule has 0 aliphatic rings. The Kier molecular flexibility index (Phi) is 3.99. The second-order valence-electron chi connectivity index (χ2n) is 4.58. The minimum atomic E-state index is -4.35. The molecule has 0 spiro atoms. The predicted molar refractivity (Wildman–Crippen MR) is 75.9 cm³/mol. The monoisotopic (exact) mass is 297 g/mol. The van der Waals surface area contributed by atoms with E-state index in [2.05, 4.69) is 0 Å². The SMILES string of the molecule is Cc1cc(N)cc(C)c1Sc1ccccc1C(F)(F)F. The third-order valence-electron chi connectivity index (χ3n) is 2.89. The maximum absolute atomic E-state index is 13.0. The van der Waals surface area contributed by atoms with Crippen LogP contribution in [0, 0.1) is 13.8 Å². The molecule has 0 aliphatic carbocycles. The van der Waals surface area contributed by atoms with Gasteiger partial charge in [-0.05, 0) is 49.2 Å². The number of benzene rings is 2. The molecule has 0 heterocycles. The van der Waals surface area contributed by atoms with Crippen molar-refractivity contribution >= 4 is 17.4 Å². The van der Waals surface area contributed by atoms with E-state index >= 15 is 0 Å². The smallest absolute Gasteiger partial charge is 0.399 e. The zero-order valence-electron chi connectivity index (χ0n) is 11.1. The predicted octanol–water partition coefficient (Wildman–Crippen LogP) is 5.06. The Morgan fingerprint density at radius 1 is 1.00 bits per heavy atom. The average molecular weight is 297 g/mol. The Hall–Kier alpha value is -1.62. The van der Waals surface area contributed by atoms with Crippen molar-refractivity contribution in [2.24, 2.45) is 0 Å². The van der Waals surface area contributed by atoms with Crippen LogP contribution in [0.4, 0.5) is 18.9 Å². The highest BCUT2D eigenvalue weighted by atomic mass is 32.2. The van der Waals surface area contributed by atoms with Crippen molar-refractivity contribution in [2.45, 2.75) is 29.8 Å². The Bertz CT molecular complexity index is 612. The van der Waals surface area contributed by atoms with Gasteiger partial charge in [0.2, 0.25) is 0 Å². The Morgan fingerprint density at radius 3 is 2.10 bits per heavy atom. The molecule has 5 heteroatoms. The summed E-state index contributed by atoms with van der Waals surface area (Å²) in [4.78, 5) is 1.02. The van der Waals surface area contributed by atoms with Crippen LogP contribution < -0.4 is 5.73 Å². The van der Waals surface area contributed by atoms with E-state index in [0.717, 1.165) is 33.9 Å².